The summed E-state index contributed by atoms with van der Waals surface area (Å²) in [6.45, 7) is 9.60. The molecule has 0 bridgehead atoms. The first-order valence-electron chi connectivity index (χ1n) is 20.2. The maximum absolute atomic E-state index is 2.53. The third-order valence-corrected chi connectivity index (χ3v) is 13.0. The van der Waals surface area contributed by atoms with Crippen molar-refractivity contribution >= 4 is 38.6 Å². The van der Waals surface area contributed by atoms with E-state index in [-0.39, 0.29) is 10.8 Å². The van der Waals surface area contributed by atoms with Crippen molar-refractivity contribution in [1.29, 1.82) is 0 Å². The average Bonchev–Trinajstić information content (AvgIpc) is 3.48. The molecule has 272 valence electrons. The zero-order valence-corrected chi connectivity index (χ0v) is 32.8. The molecule has 1 heteroatoms. The van der Waals surface area contributed by atoms with Crippen LogP contribution in [0.4, 0.5) is 17.1 Å². The number of benzene rings is 9. The molecule has 0 heterocycles. The monoisotopic (exact) mass is 729 g/mol. The highest BCUT2D eigenvalue weighted by Gasteiger charge is 2.39. The lowest BCUT2D eigenvalue weighted by Crippen LogP contribution is -2.27. The van der Waals surface area contributed by atoms with Crippen LogP contribution in [0.1, 0.15) is 49.9 Å². The van der Waals surface area contributed by atoms with Crippen LogP contribution in [0.2, 0.25) is 0 Å². The fourth-order valence-corrected chi connectivity index (χ4v) is 10.2. The molecule has 0 unspecified atom stereocenters. The van der Waals surface area contributed by atoms with Gasteiger partial charge in [-0.15, -0.1) is 0 Å². The van der Waals surface area contributed by atoms with Crippen molar-refractivity contribution in [3.8, 4) is 44.5 Å². The molecule has 0 N–H and O–H groups in total. The Morgan fingerprint density at radius 2 is 0.947 bits per heavy atom. The molecule has 57 heavy (non-hydrogen) atoms. The van der Waals surface area contributed by atoms with Gasteiger partial charge in [0, 0.05) is 22.2 Å². The summed E-state index contributed by atoms with van der Waals surface area (Å²) in [5, 5.41) is 5.15. The fraction of sp³-hybridized carbons (Fsp3) is 0.107. The molecular weight excluding hydrogens is 687 g/mol. The van der Waals surface area contributed by atoms with Gasteiger partial charge in [0.15, 0.2) is 0 Å². The summed E-state index contributed by atoms with van der Waals surface area (Å²) >= 11 is 0. The topological polar surface area (TPSA) is 3.24 Å². The zero-order chi connectivity index (χ0) is 38.5. The van der Waals surface area contributed by atoms with Crippen LogP contribution in [-0.2, 0) is 10.8 Å². The summed E-state index contributed by atoms with van der Waals surface area (Å²) in [4.78, 5) is 2.53. The third-order valence-electron chi connectivity index (χ3n) is 13.0. The van der Waals surface area contributed by atoms with Gasteiger partial charge in [-0.3, -0.25) is 0 Å². The van der Waals surface area contributed by atoms with E-state index < -0.39 is 0 Å². The van der Waals surface area contributed by atoms with Crippen molar-refractivity contribution in [2.75, 3.05) is 4.90 Å². The van der Waals surface area contributed by atoms with Gasteiger partial charge in [0.25, 0.3) is 0 Å². The number of anilines is 3. The Kier molecular flexibility index (Phi) is 7.32. The molecule has 0 aliphatic heterocycles. The number of hydrogen-bond donors (Lipinski definition) is 0. The normalized spacial score (nSPS) is 14.2. The molecule has 0 fully saturated rings. The van der Waals surface area contributed by atoms with Gasteiger partial charge in [0.1, 0.15) is 0 Å². The van der Waals surface area contributed by atoms with Gasteiger partial charge in [-0.25, -0.2) is 0 Å². The maximum atomic E-state index is 2.53. The molecule has 0 atom stereocenters. The Morgan fingerprint density at radius 3 is 1.79 bits per heavy atom. The van der Waals surface area contributed by atoms with E-state index in [2.05, 4.69) is 221 Å². The first kappa shape index (κ1) is 33.6. The third kappa shape index (κ3) is 5.02. The molecular formula is C56H43N. The van der Waals surface area contributed by atoms with Gasteiger partial charge in [0.2, 0.25) is 0 Å². The molecule has 9 aromatic carbocycles. The van der Waals surface area contributed by atoms with Gasteiger partial charge < -0.3 is 4.90 Å². The van der Waals surface area contributed by atoms with Crippen molar-refractivity contribution in [2.45, 2.75) is 38.5 Å². The highest BCUT2D eigenvalue weighted by molar-refractivity contribution is 6.11. The predicted molar refractivity (Wildman–Crippen MR) is 242 cm³/mol. The molecule has 0 radical (unpaired) electrons. The highest BCUT2D eigenvalue weighted by Crippen LogP contribution is 2.57. The number of nitrogens with zero attached hydrogens (tertiary/aromatic N) is 1. The zero-order valence-electron chi connectivity index (χ0n) is 32.8. The largest absolute Gasteiger partial charge is 0.310 e. The molecule has 0 saturated carbocycles. The molecule has 0 amide bonds. The van der Waals surface area contributed by atoms with Crippen LogP contribution < -0.4 is 4.90 Å². The van der Waals surface area contributed by atoms with Crippen LogP contribution >= 0.6 is 0 Å². The van der Waals surface area contributed by atoms with Crippen molar-refractivity contribution < 1.29 is 0 Å². The maximum Gasteiger partial charge on any atom is 0.0508 e. The average molecular weight is 730 g/mol. The molecule has 1 nitrogen and oxygen atoms in total. The van der Waals surface area contributed by atoms with E-state index in [1.165, 1.54) is 94.0 Å². The van der Waals surface area contributed by atoms with Crippen molar-refractivity contribution in [3.63, 3.8) is 0 Å². The lowest BCUT2D eigenvalue weighted by Gasteiger charge is -2.40. The number of hydrogen-bond acceptors (Lipinski definition) is 1. The lowest BCUT2D eigenvalue weighted by molar-refractivity contribution is 0.645. The molecule has 2 aliphatic rings. The molecule has 0 aromatic heterocycles. The van der Waals surface area contributed by atoms with Gasteiger partial charge in [0.05, 0.1) is 5.69 Å². The first-order chi connectivity index (χ1) is 27.8. The van der Waals surface area contributed by atoms with E-state index in [4.69, 9.17) is 0 Å². The molecule has 11 rings (SSSR count). The van der Waals surface area contributed by atoms with E-state index in [0.717, 1.165) is 11.4 Å². The predicted octanol–water partition coefficient (Wildman–Crippen LogP) is 15.4. The van der Waals surface area contributed by atoms with Gasteiger partial charge >= 0.3 is 0 Å². The molecule has 2 aliphatic carbocycles. The van der Waals surface area contributed by atoms with Crippen LogP contribution in [0.5, 0.6) is 0 Å². The van der Waals surface area contributed by atoms with E-state index in [0.29, 0.717) is 0 Å². The summed E-state index contributed by atoms with van der Waals surface area (Å²) < 4.78 is 0. The fourth-order valence-electron chi connectivity index (χ4n) is 10.2. The Hall–Kier alpha value is -6.70. The highest BCUT2D eigenvalue weighted by atomic mass is 15.1. The smallest absolute Gasteiger partial charge is 0.0508 e. The van der Waals surface area contributed by atoms with Crippen LogP contribution in [0.15, 0.2) is 188 Å². The standard InChI is InChI=1S/C56H43N/c1-55(2)48-21-11-10-19-45(48)46-33-31-43(35-50(46)55)57(42-29-26-38(27-30-42)36-14-6-5-7-15-36)51-23-13-20-47-53-44(41-25-24-37-16-8-9-17-40(37)34-41)32-28-39-18-12-22-49(52(39)53)56(3,4)54(47)51/h5-35H,1-4H3. The Morgan fingerprint density at radius 1 is 0.351 bits per heavy atom. The summed E-state index contributed by atoms with van der Waals surface area (Å²) in [5.41, 5.74) is 18.8. The second kappa shape index (κ2) is 12.4. The van der Waals surface area contributed by atoms with E-state index in [9.17, 15) is 0 Å². The first-order valence-corrected chi connectivity index (χ1v) is 20.2. The second-order valence-corrected chi connectivity index (χ2v) is 16.9. The minimum Gasteiger partial charge on any atom is -0.310 e. The van der Waals surface area contributed by atoms with Gasteiger partial charge in [-0.2, -0.15) is 0 Å². The number of fused-ring (bicyclic) bond motifs is 6. The van der Waals surface area contributed by atoms with Crippen molar-refractivity contribution in [3.05, 3.63) is 210 Å². The summed E-state index contributed by atoms with van der Waals surface area (Å²) in [7, 11) is 0. The summed E-state index contributed by atoms with van der Waals surface area (Å²) in [6, 6.07) is 70.1. The SMILES string of the molecule is CC1(C)c2ccccc2-c2ccc(N(c3ccc(-c4ccccc4)cc3)c3cccc4c3C(C)(C)c3cccc5ccc(-c6ccc7ccccc7c6)c-4c35)cc21. The summed E-state index contributed by atoms with van der Waals surface area (Å²) in [5.74, 6) is 0. The van der Waals surface area contributed by atoms with Gasteiger partial charge in [-0.1, -0.05) is 179 Å². The lowest BCUT2D eigenvalue weighted by atomic mass is 9.66. The Bertz CT molecular complexity index is 3060. The minimum absolute atomic E-state index is 0.122. The van der Waals surface area contributed by atoms with Crippen molar-refractivity contribution in [1.82, 2.24) is 0 Å². The Labute approximate surface area is 335 Å². The van der Waals surface area contributed by atoms with E-state index in [1.807, 2.05) is 0 Å². The van der Waals surface area contributed by atoms with Gasteiger partial charge in [-0.05, 0) is 125 Å². The van der Waals surface area contributed by atoms with Crippen LogP contribution in [-0.4, -0.2) is 0 Å². The molecule has 9 aromatic rings. The van der Waals surface area contributed by atoms with Crippen LogP contribution in [0, 0.1) is 0 Å². The van der Waals surface area contributed by atoms with Crippen LogP contribution in [0.25, 0.3) is 66.1 Å². The van der Waals surface area contributed by atoms with E-state index >= 15 is 0 Å². The van der Waals surface area contributed by atoms with Crippen LogP contribution in [0.3, 0.4) is 0 Å². The van der Waals surface area contributed by atoms with E-state index in [1.54, 1.807) is 0 Å². The quantitative estimate of drug-likeness (QED) is 0.170. The Balaban J connectivity index is 1.17. The number of rotatable bonds is 5. The summed E-state index contributed by atoms with van der Waals surface area (Å²) in [6.07, 6.45) is 0. The molecule has 0 saturated heterocycles. The minimum atomic E-state index is -0.297. The second-order valence-electron chi connectivity index (χ2n) is 16.9. The molecule has 0 spiro atoms. The van der Waals surface area contributed by atoms with Crippen molar-refractivity contribution in [2.24, 2.45) is 0 Å².